The van der Waals surface area contributed by atoms with E-state index in [1.165, 1.54) is 0 Å². The Balaban J connectivity index is 2.08. The molecule has 0 saturated carbocycles. The monoisotopic (exact) mass is 224 g/mol. The highest BCUT2D eigenvalue weighted by atomic mass is 16.5. The number of rotatable bonds is 8. The van der Waals surface area contributed by atoms with Gasteiger partial charge in [0, 0.05) is 13.1 Å². The first kappa shape index (κ1) is 13.0. The molecule has 1 unspecified atom stereocenters. The standard InChI is InChI=1S/C12H18NO3/c1-15-8-7-13-9-11(14)10-16-12-5-3-2-4-6-12/h2-6,11,13-14H,1,7-10H2. The van der Waals surface area contributed by atoms with Gasteiger partial charge in [0.1, 0.15) is 18.5 Å². The molecule has 0 aliphatic rings. The van der Waals surface area contributed by atoms with Crippen LogP contribution in [0, 0.1) is 7.11 Å². The van der Waals surface area contributed by atoms with Crippen molar-refractivity contribution in [2.45, 2.75) is 6.10 Å². The number of aliphatic hydroxyl groups is 1. The fraction of sp³-hybridized carbons (Fsp3) is 0.417. The molecule has 16 heavy (non-hydrogen) atoms. The van der Waals surface area contributed by atoms with E-state index < -0.39 is 6.10 Å². The van der Waals surface area contributed by atoms with Gasteiger partial charge in [-0.05, 0) is 12.1 Å². The van der Waals surface area contributed by atoms with Gasteiger partial charge in [0.2, 0.25) is 0 Å². The maximum atomic E-state index is 9.57. The predicted molar refractivity (Wildman–Crippen MR) is 62.1 cm³/mol. The van der Waals surface area contributed by atoms with Gasteiger partial charge in [-0.2, -0.15) is 0 Å². The number of hydrogen-bond acceptors (Lipinski definition) is 4. The van der Waals surface area contributed by atoms with Gasteiger partial charge in [-0.25, -0.2) is 0 Å². The van der Waals surface area contributed by atoms with Crippen molar-refractivity contribution in [2.24, 2.45) is 0 Å². The number of para-hydroxylation sites is 1. The van der Waals surface area contributed by atoms with Crippen LogP contribution in [0.4, 0.5) is 0 Å². The molecule has 0 fully saturated rings. The van der Waals surface area contributed by atoms with Crippen molar-refractivity contribution in [1.82, 2.24) is 5.32 Å². The molecule has 0 aromatic heterocycles. The summed E-state index contributed by atoms with van der Waals surface area (Å²) in [6.07, 6.45) is -0.523. The molecule has 0 saturated heterocycles. The molecule has 0 amide bonds. The first-order valence-electron chi connectivity index (χ1n) is 5.26. The van der Waals surface area contributed by atoms with Crippen LogP contribution in [0.5, 0.6) is 5.75 Å². The van der Waals surface area contributed by atoms with Gasteiger partial charge in [-0.3, -0.25) is 0 Å². The quantitative estimate of drug-likeness (QED) is 0.642. The normalized spacial score (nSPS) is 12.4. The first-order chi connectivity index (χ1) is 7.83. The average molecular weight is 224 g/mol. The molecule has 1 rings (SSSR count). The van der Waals surface area contributed by atoms with Gasteiger partial charge >= 0.3 is 0 Å². The van der Waals surface area contributed by atoms with Crippen LogP contribution in [0.25, 0.3) is 0 Å². The fourth-order valence-corrected chi connectivity index (χ4v) is 1.18. The second-order valence-electron chi connectivity index (χ2n) is 3.39. The van der Waals surface area contributed by atoms with E-state index in [1.54, 1.807) is 0 Å². The van der Waals surface area contributed by atoms with Crippen molar-refractivity contribution in [3.8, 4) is 5.75 Å². The highest BCUT2D eigenvalue weighted by molar-refractivity contribution is 5.20. The molecule has 4 nitrogen and oxygen atoms in total. The lowest BCUT2D eigenvalue weighted by Crippen LogP contribution is -2.33. The number of hydrogen-bond donors (Lipinski definition) is 2. The Labute approximate surface area is 96.2 Å². The van der Waals surface area contributed by atoms with Crippen molar-refractivity contribution in [3.05, 3.63) is 37.4 Å². The molecule has 0 aliphatic carbocycles. The Kier molecular flexibility index (Phi) is 6.56. The van der Waals surface area contributed by atoms with E-state index >= 15 is 0 Å². The number of benzene rings is 1. The molecular formula is C12H18NO3. The van der Waals surface area contributed by atoms with Crippen molar-refractivity contribution >= 4 is 0 Å². The molecule has 1 aromatic rings. The highest BCUT2D eigenvalue weighted by Gasteiger charge is 2.03. The van der Waals surface area contributed by atoms with Crippen LogP contribution in [0.3, 0.4) is 0 Å². The van der Waals surface area contributed by atoms with E-state index in [0.717, 1.165) is 5.75 Å². The van der Waals surface area contributed by atoms with Crippen LogP contribution in [0.15, 0.2) is 30.3 Å². The summed E-state index contributed by atoms with van der Waals surface area (Å²) in [6.45, 7) is 1.97. The summed E-state index contributed by atoms with van der Waals surface area (Å²) in [7, 11) is 3.25. The summed E-state index contributed by atoms with van der Waals surface area (Å²) in [5.74, 6) is 0.766. The average Bonchev–Trinajstić information content (AvgIpc) is 2.33. The van der Waals surface area contributed by atoms with Gasteiger partial charge in [-0.1, -0.05) is 18.2 Å². The molecule has 0 aliphatic heterocycles. The third kappa shape index (κ3) is 5.70. The largest absolute Gasteiger partial charge is 0.491 e. The maximum absolute atomic E-state index is 9.57. The third-order valence-corrected chi connectivity index (χ3v) is 1.99. The molecule has 89 valence electrons. The zero-order chi connectivity index (χ0) is 11.6. The number of nitrogens with one attached hydrogen (secondary N) is 1. The van der Waals surface area contributed by atoms with Gasteiger partial charge < -0.3 is 19.9 Å². The lowest BCUT2D eigenvalue weighted by atomic mass is 10.3. The Bertz CT molecular complexity index is 266. The van der Waals surface area contributed by atoms with Gasteiger partial charge in [0.05, 0.1) is 13.7 Å². The van der Waals surface area contributed by atoms with E-state index in [-0.39, 0.29) is 6.61 Å². The fourth-order valence-electron chi connectivity index (χ4n) is 1.18. The summed E-state index contributed by atoms with van der Waals surface area (Å²) >= 11 is 0. The third-order valence-electron chi connectivity index (χ3n) is 1.99. The summed E-state index contributed by atoms with van der Waals surface area (Å²) in [5.41, 5.74) is 0. The van der Waals surface area contributed by atoms with Crippen LogP contribution < -0.4 is 10.1 Å². The summed E-state index contributed by atoms with van der Waals surface area (Å²) in [4.78, 5) is 0. The molecule has 2 N–H and O–H groups in total. The van der Waals surface area contributed by atoms with Crippen LogP contribution in [-0.4, -0.2) is 37.5 Å². The lowest BCUT2D eigenvalue weighted by molar-refractivity contribution is 0.104. The minimum atomic E-state index is -0.523. The Morgan fingerprint density at radius 1 is 1.31 bits per heavy atom. The molecule has 4 heteroatoms. The van der Waals surface area contributed by atoms with Crippen LogP contribution in [-0.2, 0) is 4.74 Å². The van der Waals surface area contributed by atoms with E-state index in [9.17, 15) is 5.11 Å². The number of ether oxygens (including phenoxy) is 2. The smallest absolute Gasteiger partial charge is 0.119 e. The topological polar surface area (TPSA) is 50.7 Å². The second kappa shape index (κ2) is 8.10. The number of aliphatic hydroxyl groups excluding tert-OH is 1. The van der Waals surface area contributed by atoms with Crippen LogP contribution in [0.2, 0.25) is 0 Å². The van der Waals surface area contributed by atoms with Crippen molar-refractivity contribution < 1.29 is 14.6 Å². The Morgan fingerprint density at radius 3 is 2.75 bits per heavy atom. The van der Waals surface area contributed by atoms with E-state index in [4.69, 9.17) is 4.74 Å². The molecule has 1 aromatic carbocycles. The SMILES string of the molecule is [CH2]OCCNCC(O)COc1ccccc1. The van der Waals surface area contributed by atoms with Gasteiger partial charge in [0.15, 0.2) is 0 Å². The molecule has 1 radical (unpaired) electrons. The van der Waals surface area contributed by atoms with Crippen molar-refractivity contribution in [3.63, 3.8) is 0 Å². The molecule has 0 bridgehead atoms. The van der Waals surface area contributed by atoms with E-state index in [1.807, 2.05) is 30.3 Å². The second-order valence-corrected chi connectivity index (χ2v) is 3.39. The van der Waals surface area contributed by atoms with E-state index in [2.05, 4.69) is 17.2 Å². The molecule has 0 spiro atoms. The van der Waals surface area contributed by atoms with Crippen molar-refractivity contribution in [1.29, 1.82) is 0 Å². The summed E-state index contributed by atoms with van der Waals surface area (Å²) in [6, 6.07) is 9.42. The Morgan fingerprint density at radius 2 is 2.06 bits per heavy atom. The predicted octanol–water partition coefficient (Wildman–Crippen LogP) is 0.824. The van der Waals surface area contributed by atoms with Gasteiger partial charge in [0.25, 0.3) is 0 Å². The molecular weight excluding hydrogens is 206 g/mol. The zero-order valence-electron chi connectivity index (χ0n) is 9.26. The highest BCUT2D eigenvalue weighted by Crippen LogP contribution is 2.08. The minimum Gasteiger partial charge on any atom is -0.491 e. The molecule has 0 heterocycles. The Hall–Kier alpha value is -1.10. The molecule has 1 atom stereocenters. The zero-order valence-corrected chi connectivity index (χ0v) is 9.26. The first-order valence-corrected chi connectivity index (χ1v) is 5.26. The van der Waals surface area contributed by atoms with E-state index in [0.29, 0.717) is 19.7 Å². The maximum Gasteiger partial charge on any atom is 0.119 e. The van der Waals surface area contributed by atoms with Gasteiger partial charge in [-0.15, -0.1) is 0 Å². The summed E-state index contributed by atoms with van der Waals surface area (Å²) in [5, 5.41) is 12.6. The minimum absolute atomic E-state index is 0.280. The van der Waals surface area contributed by atoms with Crippen LogP contribution >= 0.6 is 0 Å². The summed E-state index contributed by atoms with van der Waals surface area (Å²) < 4.78 is 10.0. The van der Waals surface area contributed by atoms with Crippen LogP contribution in [0.1, 0.15) is 0 Å². The lowest BCUT2D eigenvalue weighted by Gasteiger charge is -2.12. The van der Waals surface area contributed by atoms with Crippen molar-refractivity contribution in [2.75, 3.05) is 26.3 Å².